The van der Waals surface area contributed by atoms with E-state index in [9.17, 15) is 13.7 Å². The number of allylic oxidation sites excluding steroid dienone is 1. The highest BCUT2D eigenvalue weighted by molar-refractivity contribution is 7.88. The Kier molecular flexibility index (Phi) is 5.69. The Balaban J connectivity index is 1.90. The smallest absolute Gasteiger partial charge is 0.276 e. The summed E-state index contributed by atoms with van der Waals surface area (Å²) in [5.41, 5.74) is 1.50. The number of benzene rings is 2. The van der Waals surface area contributed by atoms with Crippen LogP contribution in [0.3, 0.4) is 0 Å². The fourth-order valence-electron chi connectivity index (χ4n) is 2.37. The molecule has 1 aliphatic rings. The average Bonchev–Trinajstić information content (AvgIpc) is 2.66. The van der Waals surface area contributed by atoms with Gasteiger partial charge in [0.2, 0.25) is 11.5 Å². The van der Waals surface area contributed by atoms with E-state index in [2.05, 4.69) is 9.71 Å². The number of hydrogen-bond donors (Lipinski definition) is 1. The maximum absolute atomic E-state index is 13.3. The Morgan fingerprint density at radius 1 is 1.33 bits per heavy atom. The standard InChI is InChI=1S/C18H15ClFN3O3S/c1-23-17(18(24)21-12-6-7-15(20)14(19)9-12)10-16(22-27(23)25)11-4-3-5-13(8-11)26-2/h3-10H,1-2H3,(H,21,24). The van der Waals surface area contributed by atoms with Crippen LogP contribution in [0.1, 0.15) is 5.56 Å². The lowest BCUT2D eigenvalue weighted by molar-refractivity contribution is -0.113. The number of methoxy groups -OCH3 is 1. The zero-order valence-electron chi connectivity index (χ0n) is 14.4. The molecule has 1 heterocycles. The van der Waals surface area contributed by atoms with Crippen LogP contribution in [0.2, 0.25) is 5.02 Å². The molecule has 1 N–H and O–H groups in total. The molecule has 1 unspecified atom stereocenters. The molecule has 0 bridgehead atoms. The number of anilines is 1. The molecule has 0 saturated carbocycles. The minimum atomic E-state index is -1.78. The van der Waals surface area contributed by atoms with Crippen molar-refractivity contribution in [3.63, 3.8) is 0 Å². The summed E-state index contributed by atoms with van der Waals surface area (Å²) in [6, 6.07) is 10.9. The van der Waals surface area contributed by atoms with Crippen LogP contribution in [0.15, 0.2) is 58.6 Å². The minimum absolute atomic E-state index is 0.110. The van der Waals surface area contributed by atoms with Crippen LogP contribution in [0.4, 0.5) is 10.1 Å². The van der Waals surface area contributed by atoms with E-state index in [0.717, 1.165) is 6.07 Å². The summed E-state index contributed by atoms with van der Waals surface area (Å²) in [7, 11) is 3.03. The van der Waals surface area contributed by atoms with Gasteiger partial charge in [0.05, 0.1) is 19.2 Å². The van der Waals surface area contributed by atoms with Crippen molar-refractivity contribution in [2.75, 3.05) is 19.5 Å². The normalized spacial score (nSPS) is 16.5. The van der Waals surface area contributed by atoms with Gasteiger partial charge in [-0.2, -0.15) is 4.31 Å². The van der Waals surface area contributed by atoms with Crippen LogP contribution in [0.5, 0.6) is 5.75 Å². The van der Waals surface area contributed by atoms with Crippen molar-refractivity contribution in [2.24, 2.45) is 4.40 Å². The van der Waals surface area contributed by atoms with Crippen molar-refractivity contribution < 1.29 is 18.5 Å². The SMILES string of the molecule is COc1cccc(C2=N[S+]([O-])N(C)C(C(=O)Nc3ccc(F)c(Cl)c3)=C2)c1. The molecule has 0 spiro atoms. The number of likely N-dealkylation sites (N-methyl/N-ethyl adjacent to an activating group) is 1. The van der Waals surface area contributed by atoms with Crippen LogP contribution in [0.25, 0.3) is 0 Å². The Labute approximate surface area is 163 Å². The monoisotopic (exact) mass is 407 g/mol. The van der Waals surface area contributed by atoms with E-state index < -0.39 is 23.3 Å². The Morgan fingerprint density at radius 2 is 2.11 bits per heavy atom. The first kappa shape index (κ1) is 19.2. The van der Waals surface area contributed by atoms with Gasteiger partial charge in [-0.3, -0.25) is 4.79 Å². The average molecular weight is 408 g/mol. The first-order chi connectivity index (χ1) is 12.9. The molecule has 0 radical (unpaired) electrons. The molecule has 0 aliphatic carbocycles. The highest BCUT2D eigenvalue weighted by Gasteiger charge is 2.30. The summed E-state index contributed by atoms with van der Waals surface area (Å²) in [6.45, 7) is 0. The lowest BCUT2D eigenvalue weighted by atomic mass is 10.1. The Hall–Kier alpha value is -2.55. The molecular formula is C18H15ClFN3O3S. The van der Waals surface area contributed by atoms with E-state index in [4.69, 9.17) is 16.3 Å². The number of carbonyl (C=O) groups excluding carboxylic acids is 1. The second kappa shape index (κ2) is 7.99. The van der Waals surface area contributed by atoms with Crippen molar-refractivity contribution in [1.82, 2.24) is 4.31 Å². The van der Waals surface area contributed by atoms with Gasteiger partial charge in [0.1, 0.15) is 17.3 Å². The molecule has 3 rings (SSSR count). The van der Waals surface area contributed by atoms with E-state index >= 15 is 0 Å². The first-order valence-corrected chi connectivity index (χ1v) is 9.20. The fraction of sp³-hybridized carbons (Fsp3) is 0.111. The number of rotatable bonds is 4. The van der Waals surface area contributed by atoms with Gasteiger partial charge < -0.3 is 14.6 Å². The van der Waals surface area contributed by atoms with Crippen LogP contribution < -0.4 is 10.1 Å². The highest BCUT2D eigenvalue weighted by atomic mass is 35.5. The summed E-state index contributed by atoms with van der Waals surface area (Å²) < 4.78 is 36.1. The molecule has 140 valence electrons. The van der Waals surface area contributed by atoms with Crippen molar-refractivity contribution in [2.45, 2.75) is 0 Å². The molecule has 6 nitrogen and oxygen atoms in total. The maximum atomic E-state index is 13.3. The number of carbonyl (C=O) groups is 1. The van der Waals surface area contributed by atoms with E-state index in [1.807, 2.05) is 0 Å². The second-order valence-electron chi connectivity index (χ2n) is 5.55. The number of nitrogens with one attached hydrogen (secondary N) is 1. The molecular weight excluding hydrogens is 393 g/mol. The van der Waals surface area contributed by atoms with E-state index in [-0.39, 0.29) is 10.7 Å². The summed E-state index contributed by atoms with van der Waals surface area (Å²) >= 11 is 3.96. The zero-order chi connectivity index (χ0) is 19.6. The van der Waals surface area contributed by atoms with Crippen LogP contribution >= 0.6 is 11.6 Å². The summed E-state index contributed by atoms with van der Waals surface area (Å²) in [6.07, 6.45) is 1.52. The lowest BCUT2D eigenvalue weighted by Gasteiger charge is -2.23. The van der Waals surface area contributed by atoms with Crippen LogP contribution in [-0.2, 0) is 16.3 Å². The maximum Gasteiger partial charge on any atom is 0.276 e. The number of ether oxygens (including phenoxy) is 1. The first-order valence-electron chi connectivity index (χ1n) is 7.76. The van der Waals surface area contributed by atoms with Crippen LogP contribution in [0, 0.1) is 5.82 Å². The quantitative estimate of drug-likeness (QED) is 0.789. The van der Waals surface area contributed by atoms with Gasteiger partial charge in [-0.15, -0.1) is 0 Å². The van der Waals surface area contributed by atoms with E-state index in [1.54, 1.807) is 24.3 Å². The van der Waals surface area contributed by atoms with Crippen LogP contribution in [-0.4, -0.2) is 34.6 Å². The molecule has 1 amide bonds. The van der Waals surface area contributed by atoms with Gasteiger partial charge in [-0.1, -0.05) is 23.7 Å². The molecule has 2 aromatic rings. The molecule has 0 aromatic heterocycles. The largest absolute Gasteiger partial charge is 0.566 e. The van der Waals surface area contributed by atoms with Crippen molar-refractivity contribution in [1.29, 1.82) is 0 Å². The summed E-state index contributed by atoms with van der Waals surface area (Å²) in [4.78, 5) is 12.6. The van der Waals surface area contributed by atoms with Crippen molar-refractivity contribution in [3.8, 4) is 5.75 Å². The fourth-order valence-corrected chi connectivity index (χ4v) is 3.31. The lowest BCUT2D eigenvalue weighted by Crippen LogP contribution is -2.35. The second-order valence-corrected chi connectivity index (χ2v) is 7.15. The highest BCUT2D eigenvalue weighted by Crippen LogP contribution is 2.24. The van der Waals surface area contributed by atoms with Gasteiger partial charge in [-0.05, 0) is 34.7 Å². The Bertz CT molecular complexity index is 951. The van der Waals surface area contributed by atoms with Gasteiger partial charge in [-0.25, -0.2) is 4.39 Å². The van der Waals surface area contributed by atoms with Gasteiger partial charge >= 0.3 is 0 Å². The molecule has 1 atom stereocenters. The molecule has 27 heavy (non-hydrogen) atoms. The number of hydrogen-bond acceptors (Lipinski definition) is 5. The number of nitrogens with zero attached hydrogens (tertiary/aromatic N) is 2. The van der Waals surface area contributed by atoms with Gasteiger partial charge in [0, 0.05) is 17.3 Å². The molecule has 9 heteroatoms. The predicted octanol–water partition coefficient (Wildman–Crippen LogP) is 3.32. The number of halogens is 2. The van der Waals surface area contributed by atoms with Crippen molar-refractivity contribution in [3.05, 3.63) is 70.6 Å². The van der Waals surface area contributed by atoms with Gasteiger partial charge in [0.25, 0.3) is 5.91 Å². The third kappa shape index (κ3) is 4.24. The minimum Gasteiger partial charge on any atom is -0.566 e. The summed E-state index contributed by atoms with van der Waals surface area (Å²) in [5, 5.41) is 2.50. The third-order valence-electron chi connectivity index (χ3n) is 3.80. The Morgan fingerprint density at radius 3 is 2.81 bits per heavy atom. The molecule has 2 aromatic carbocycles. The third-order valence-corrected chi connectivity index (χ3v) is 5.11. The zero-order valence-corrected chi connectivity index (χ0v) is 16.0. The van der Waals surface area contributed by atoms with E-state index in [1.165, 1.54) is 36.7 Å². The molecule has 0 saturated heterocycles. The van der Waals surface area contributed by atoms with Crippen molar-refractivity contribution >= 4 is 40.5 Å². The molecule has 1 aliphatic heterocycles. The van der Waals surface area contributed by atoms with E-state index in [0.29, 0.717) is 22.7 Å². The molecule has 0 fully saturated rings. The van der Waals surface area contributed by atoms with Gasteiger partial charge in [0.15, 0.2) is 5.70 Å². The summed E-state index contributed by atoms with van der Waals surface area (Å²) in [5.74, 6) is -0.499. The predicted molar refractivity (Wildman–Crippen MR) is 104 cm³/mol. The topological polar surface area (TPSA) is 77.0 Å². The number of amides is 1.